The molecular formula is C20H16ClF3N2O. The first kappa shape index (κ1) is 20.5. The van der Waals surface area contributed by atoms with E-state index in [2.05, 4.69) is 4.99 Å². The lowest BCUT2D eigenvalue weighted by Crippen LogP contribution is -2.20. The molecule has 3 nitrogen and oxygen atoms in total. The van der Waals surface area contributed by atoms with Gasteiger partial charge in [0.2, 0.25) is 0 Å². The maximum Gasteiger partial charge on any atom is 0.432 e. The minimum atomic E-state index is -4.55. The van der Waals surface area contributed by atoms with Crippen LogP contribution in [0.3, 0.4) is 0 Å². The van der Waals surface area contributed by atoms with E-state index in [0.29, 0.717) is 16.3 Å². The van der Waals surface area contributed by atoms with Crippen molar-refractivity contribution in [2.24, 2.45) is 4.99 Å². The fourth-order valence-corrected chi connectivity index (χ4v) is 2.48. The summed E-state index contributed by atoms with van der Waals surface area (Å²) in [5.41, 5.74) is 0.782. The summed E-state index contributed by atoms with van der Waals surface area (Å²) < 4.78 is 44.2. The number of halogens is 4. The Morgan fingerprint density at radius 2 is 1.89 bits per heavy atom. The van der Waals surface area contributed by atoms with Crippen LogP contribution in [-0.4, -0.2) is 18.9 Å². The Morgan fingerprint density at radius 3 is 2.44 bits per heavy atom. The normalized spacial score (nSPS) is 12.6. The van der Waals surface area contributed by atoms with Crippen LogP contribution >= 0.6 is 11.6 Å². The standard InChI is InChI=1S/C20H16ClF3N2O/c1-13(9-19(26-2)20(22,23)24)18-8-7-17(10-15(18)11-25)27-12-14-3-5-16(21)6-4-14/h3-10H,12H2,1-2H3/b13-9+,26-19?. The molecule has 2 aromatic rings. The van der Waals surface area contributed by atoms with Gasteiger partial charge >= 0.3 is 6.18 Å². The molecule has 0 saturated carbocycles. The molecule has 0 radical (unpaired) electrons. The molecule has 0 aliphatic carbocycles. The van der Waals surface area contributed by atoms with Crippen LogP contribution in [0.25, 0.3) is 5.57 Å². The average molecular weight is 393 g/mol. The molecule has 0 aliphatic rings. The monoisotopic (exact) mass is 392 g/mol. The van der Waals surface area contributed by atoms with Crippen molar-refractivity contribution in [3.8, 4) is 11.8 Å². The van der Waals surface area contributed by atoms with E-state index < -0.39 is 11.9 Å². The number of alkyl halides is 3. The van der Waals surface area contributed by atoms with E-state index in [1.54, 1.807) is 24.3 Å². The summed E-state index contributed by atoms with van der Waals surface area (Å²) in [5.74, 6) is 0.443. The zero-order valence-corrected chi connectivity index (χ0v) is 15.4. The van der Waals surface area contributed by atoms with Crippen LogP contribution in [-0.2, 0) is 6.61 Å². The number of nitrogens with zero attached hydrogens (tertiary/aromatic N) is 2. The predicted octanol–water partition coefficient (Wildman–Crippen LogP) is 5.83. The van der Waals surface area contributed by atoms with Gasteiger partial charge in [-0.1, -0.05) is 23.7 Å². The third kappa shape index (κ3) is 5.60. The largest absolute Gasteiger partial charge is 0.489 e. The van der Waals surface area contributed by atoms with Crippen molar-refractivity contribution in [1.29, 1.82) is 5.26 Å². The van der Waals surface area contributed by atoms with Gasteiger partial charge in [0.05, 0.1) is 11.6 Å². The molecule has 0 heterocycles. The van der Waals surface area contributed by atoms with Crippen molar-refractivity contribution in [2.75, 3.05) is 7.05 Å². The minimum Gasteiger partial charge on any atom is -0.489 e. The molecule has 0 unspecified atom stereocenters. The lowest BCUT2D eigenvalue weighted by atomic mass is 10.00. The Hall–Kier alpha value is -2.78. The van der Waals surface area contributed by atoms with E-state index >= 15 is 0 Å². The summed E-state index contributed by atoms with van der Waals surface area (Å²) in [4.78, 5) is 3.27. The van der Waals surface area contributed by atoms with Gasteiger partial charge < -0.3 is 4.74 Å². The Balaban J connectivity index is 2.23. The van der Waals surface area contributed by atoms with E-state index in [4.69, 9.17) is 16.3 Å². The second kappa shape index (κ2) is 8.74. The Kier molecular flexibility index (Phi) is 6.65. The molecule has 2 rings (SSSR count). The van der Waals surface area contributed by atoms with Gasteiger partial charge in [0.1, 0.15) is 18.1 Å². The summed E-state index contributed by atoms with van der Waals surface area (Å²) in [5, 5.41) is 9.98. The Morgan fingerprint density at radius 1 is 1.22 bits per heavy atom. The van der Waals surface area contributed by atoms with Gasteiger partial charge in [-0.25, -0.2) is 0 Å². The summed E-state index contributed by atoms with van der Waals surface area (Å²) in [6.07, 6.45) is -3.63. The molecule has 0 saturated heterocycles. The molecule has 0 N–H and O–H groups in total. The number of hydrogen-bond donors (Lipinski definition) is 0. The van der Waals surface area contributed by atoms with Gasteiger partial charge in [-0.2, -0.15) is 18.4 Å². The van der Waals surface area contributed by atoms with Crippen molar-refractivity contribution < 1.29 is 17.9 Å². The van der Waals surface area contributed by atoms with Crippen LogP contribution in [0.1, 0.15) is 23.6 Å². The van der Waals surface area contributed by atoms with Gasteiger partial charge in [0.15, 0.2) is 0 Å². The first-order chi connectivity index (χ1) is 12.7. The Bertz CT molecular complexity index is 910. The van der Waals surface area contributed by atoms with Crippen LogP contribution in [0, 0.1) is 11.3 Å². The lowest BCUT2D eigenvalue weighted by Gasteiger charge is -2.11. The number of ether oxygens (including phenoxy) is 1. The van der Waals surface area contributed by atoms with Crippen LogP contribution in [0.4, 0.5) is 13.2 Å². The first-order valence-corrected chi connectivity index (χ1v) is 8.26. The number of hydrogen-bond acceptors (Lipinski definition) is 3. The molecule has 140 valence electrons. The zero-order chi connectivity index (χ0) is 20.0. The van der Waals surface area contributed by atoms with E-state index in [1.165, 1.54) is 13.0 Å². The van der Waals surface area contributed by atoms with Crippen molar-refractivity contribution in [2.45, 2.75) is 19.7 Å². The van der Waals surface area contributed by atoms with Crippen molar-refractivity contribution in [3.05, 3.63) is 70.3 Å². The first-order valence-electron chi connectivity index (χ1n) is 7.88. The van der Waals surface area contributed by atoms with Crippen LogP contribution in [0.15, 0.2) is 53.5 Å². The summed E-state index contributed by atoms with van der Waals surface area (Å²) in [7, 11) is 1.07. The van der Waals surface area contributed by atoms with Crippen LogP contribution < -0.4 is 4.74 Å². The molecule has 0 spiro atoms. The van der Waals surface area contributed by atoms with Gasteiger partial charge in [-0.15, -0.1) is 0 Å². The summed E-state index contributed by atoms with van der Waals surface area (Å²) >= 11 is 5.83. The molecule has 0 fully saturated rings. The van der Waals surface area contributed by atoms with E-state index in [0.717, 1.165) is 18.7 Å². The molecular weight excluding hydrogens is 377 g/mol. The number of allylic oxidation sites excluding steroid dienone is 2. The molecule has 0 amide bonds. The molecule has 2 aromatic carbocycles. The smallest absolute Gasteiger partial charge is 0.432 e. The molecule has 27 heavy (non-hydrogen) atoms. The molecule has 0 atom stereocenters. The SMILES string of the molecule is CN=C(/C=C(\C)c1ccc(OCc2ccc(Cl)cc2)cc1C#N)C(F)(F)F. The van der Waals surface area contributed by atoms with E-state index in [1.807, 2.05) is 18.2 Å². The third-order valence-corrected chi connectivity index (χ3v) is 3.99. The number of benzene rings is 2. The highest BCUT2D eigenvalue weighted by atomic mass is 35.5. The van der Waals surface area contributed by atoms with Gasteiger partial charge in [0.25, 0.3) is 0 Å². The fraction of sp³-hybridized carbons (Fsp3) is 0.200. The second-order valence-corrected chi connectivity index (χ2v) is 6.10. The van der Waals surface area contributed by atoms with Gasteiger partial charge in [-0.05, 0) is 60.0 Å². The minimum absolute atomic E-state index is 0.218. The van der Waals surface area contributed by atoms with Gasteiger partial charge in [0, 0.05) is 12.1 Å². The number of rotatable bonds is 5. The van der Waals surface area contributed by atoms with Crippen molar-refractivity contribution in [3.63, 3.8) is 0 Å². The Labute approximate surface area is 160 Å². The van der Waals surface area contributed by atoms with Gasteiger partial charge in [-0.3, -0.25) is 4.99 Å². The predicted molar refractivity (Wildman–Crippen MR) is 100 cm³/mol. The maximum atomic E-state index is 12.9. The number of aliphatic imine (C=N–C) groups is 1. The average Bonchev–Trinajstić information content (AvgIpc) is 2.64. The summed E-state index contributed by atoms with van der Waals surface area (Å²) in [6.45, 7) is 1.78. The quantitative estimate of drug-likeness (QED) is 0.601. The molecule has 0 aliphatic heterocycles. The van der Waals surface area contributed by atoms with E-state index in [9.17, 15) is 18.4 Å². The number of nitriles is 1. The zero-order valence-electron chi connectivity index (χ0n) is 14.6. The fourth-order valence-electron chi connectivity index (χ4n) is 2.35. The summed E-state index contributed by atoms with van der Waals surface area (Å²) in [6, 6.07) is 13.8. The maximum absolute atomic E-state index is 12.9. The molecule has 7 heteroatoms. The third-order valence-electron chi connectivity index (χ3n) is 3.74. The highest BCUT2D eigenvalue weighted by Gasteiger charge is 2.33. The van der Waals surface area contributed by atoms with Crippen molar-refractivity contribution in [1.82, 2.24) is 0 Å². The van der Waals surface area contributed by atoms with Crippen LogP contribution in [0.2, 0.25) is 5.02 Å². The molecule has 0 aromatic heterocycles. The van der Waals surface area contributed by atoms with E-state index in [-0.39, 0.29) is 17.7 Å². The second-order valence-electron chi connectivity index (χ2n) is 5.67. The highest BCUT2D eigenvalue weighted by molar-refractivity contribution is 6.30. The lowest BCUT2D eigenvalue weighted by molar-refractivity contribution is -0.0577. The molecule has 0 bridgehead atoms. The van der Waals surface area contributed by atoms with Crippen LogP contribution in [0.5, 0.6) is 5.75 Å². The topological polar surface area (TPSA) is 45.4 Å². The highest BCUT2D eigenvalue weighted by Crippen LogP contribution is 2.26. The van der Waals surface area contributed by atoms with Crippen molar-refractivity contribution >= 4 is 22.9 Å².